The number of piperazine rings is 1. The maximum Gasteiger partial charge on any atom is 0.238 e. The predicted octanol–water partition coefficient (Wildman–Crippen LogP) is 2.43. The van der Waals surface area contributed by atoms with E-state index in [-0.39, 0.29) is 5.91 Å². The Morgan fingerprint density at radius 1 is 1.12 bits per heavy atom. The summed E-state index contributed by atoms with van der Waals surface area (Å²) in [5.41, 5.74) is 3.19. The smallest absolute Gasteiger partial charge is 0.238 e. The Morgan fingerprint density at radius 3 is 2.44 bits per heavy atom. The third kappa shape index (κ3) is 5.27. The fourth-order valence-corrected chi connectivity index (χ4v) is 3.76. The first-order chi connectivity index (χ1) is 12.1. The van der Waals surface area contributed by atoms with Gasteiger partial charge in [-0.3, -0.25) is 14.6 Å². The number of benzene rings is 1. The van der Waals surface area contributed by atoms with E-state index in [2.05, 4.69) is 15.1 Å². The van der Waals surface area contributed by atoms with Crippen LogP contribution in [0.1, 0.15) is 30.4 Å². The molecule has 0 aromatic heterocycles. The molecule has 0 spiro atoms. The summed E-state index contributed by atoms with van der Waals surface area (Å²) in [6.07, 6.45) is 4.11. The Kier molecular flexibility index (Phi) is 6.45. The van der Waals surface area contributed by atoms with Crippen LogP contribution in [-0.4, -0.2) is 67.7 Å². The second-order valence-corrected chi connectivity index (χ2v) is 7.38. The summed E-state index contributed by atoms with van der Waals surface area (Å²) in [5, 5.41) is 3.09. The number of nitrogens with one attached hydrogen (secondary N) is 1. The van der Waals surface area contributed by atoms with Crippen LogP contribution in [0.15, 0.2) is 18.2 Å². The van der Waals surface area contributed by atoms with Crippen LogP contribution in [0, 0.1) is 13.8 Å². The van der Waals surface area contributed by atoms with E-state index in [0.29, 0.717) is 12.6 Å². The van der Waals surface area contributed by atoms with Crippen LogP contribution < -0.4 is 5.32 Å². The highest BCUT2D eigenvalue weighted by Crippen LogP contribution is 2.19. The number of ether oxygens (including phenoxy) is 1. The lowest BCUT2D eigenvalue weighted by Gasteiger charge is -2.36. The molecule has 0 saturated carbocycles. The van der Waals surface area contributed by atoms with Crippen LogP contribution in [0.5, 0.6) is 0 Å². The van der Waals surface area contributed by atoms with E-state index in [1.807, 2.05) is 32.0 Å². The third-order valence-electron chi connectivity index (χ3n) is 5.31. The van der Waals surface area contributed by atoms with Crippen LogP contribution in [0.3, 0.4) is 0 Å². The first-order valence-electron chi connectivity index (χ1n) is 9.54. The van der Waals surface area contributed by atoms with Gasteiger partial charge in [-0.15, -0.1) is 0 Å². The van der Waals surface area contributed by atoms with Gasteiger partial charge in [0.25, 0.3) is 0 Å². The lowest BCUT2D eigenvalue weighted by Crippen LogP contribution is -2.50. The van der Waals surface area contributed by atoms with Gasteiger partial charge in [-0.05, 0) is 44.2 Å². The molecule has 2 aliphatic rings. The van der Waals surface area contributed by atoms with Crippen molar-refractivity contribution in [3.05, 3.63) is 29.3 Å². The van der Waals surface area contributed by atoms with E-state index in [9.17, 15) is 4.79 Å². The minimum Gasteiger partial charge on any atom is -0.377 e. The fraction of sp³-hybridized carbons (Fsp3) is 0.650. The molecule has 0 aliphatic carbocycles. The molecule has 5 nitrogen and oxygen atoms in total. The quantitative estimate of drug-likeness (QED) is 0.890. The van der Waals surface area contributed by atoms with Crippen molar-refractivity contribution < 1.29 is 9.53 Å². The van der Waals surface area contributed by atoms with E-state index < -0.39 is 0 Å². The van der Waals surface area contributed by atoms with Crippen molar-refractivity contribution in [1.29, 1.82) is 0 Å². The van der Waals surface area contributed by atoms with Crippen molar-refractivity contribution in [1.82, 2.24) is 9.80 Å². The van der Waals surface area contributed by atoms with Crippen molar-refractivity contribution in [2.24, 2.45) is 0 Å². The van der Waals surface area contributed by atoms with E-state index in [0.717, 1.165) is 56.1 Å². The van der Waals surface area contributed by atoms with Crippen molar-refractivity contribution in [2.45, 2.75) is 39.2 Å². The summed E-state index contributed by atoms with van der Waals surface area (Å²) in [5.74, 6) is 0.0847. The number of para-hydroxylation sites is 1. The van der Waals surface area contributed by atoms with Crippen molar-refractivity contribution >= 4 is 11.6 Å². The number of anilines is 1. The summed E-state index contributed by atoms with van der Waals surface area (Å²) in [4.78, 5) is 17.1. The molecule has 1 N–H and O–H groups in total. The SMILES string of the molecule is Cc1cccc(C)c1NC(=O)CN1CCN(CC2CCCCO2)CC1. The zero-order valence-electron chi connectivity index (χ0n) is 15.6. The van der Waals surface area contributed by atoms with Gasteiger partial charge in [-0.1, -0.05) is 18.2 Å². The molecular weight excluding hydrogens is 314 g/mol. The van der Waals surface area contributed by atoms with Crippen LogP contribution in [0.25, 0.3) is 0 Å². The molecule has 138 valence electrons. The molecule has 1 aromatic carbocycles. The largest absolute Gasteiger partial charge is 0.377 e. The summed E-state index contributed by atoms with van der Waals surface area (Å²) in [7, 11) is 0. The average molecular weight is 345 g/mol. The van der Waals surface area contributed by atoms with Gasteiger partial charge in [0.05, 0.1) is 12.6 Å². The number of amides is 1. The molecule has 2 saturated heterocycles. The molecule has 1 unspecified atom stereocenters. The Morgan fingerprint density at radius 2 is 1.80 bits per heavy atom. The van der Waals surface area contributed by atoms with Crippen molar-refractivity contribution in [2.75, 3.05) is 51.2 Å². The number of hydrogen-bond acceptors (Lipinski definition) is 4. The predicted molar refractivity (Wildman–Crippen MR) is 101 cm³/mol. The summed E-state index contributed by atoms with van der Waals surface area (Å²) in [6, 6.07) is 6.10. The molecule has 0 bridgehead atoms. The minimum atomic E-state index is 0.0847. The maximum absolute atomic E-state index is 12.4. The Balaban J connectivity index is 1.41. The Bertz CT molecular complexity index is 556. The molecule has 2 heterocycles. The van der Waals surface area contributed by atoms with E-state index >= 15 is 0 Å². The molecular formula is C20H31N3O2. The number of carbonyl (C=O) groups excluding carboxylic acids is 1. The maximum atomic E-state index is 12.4. The molecule has 2 aliphatic heterocycles. The van der Waals surface area contributed by atoms with Gasteiger partial charge >= 0.3 is 0 Å². The third-order valence-corrected chi connectivity index (χ3v) is 5.31. The lowest BCUT2D eigenvalue weighted by molar-refractivity contribution is -0.117. The topological polar surface area (TPSA) is 44.8 Å². The van der Waals surface area contributed by atoms with Gasteiger partial charge in [0, 0.05) is 45.0 Å². The van der Waals surface area contributed by atoms with Gasteiger partial charge in [0.2, 0.25) is 5.91 Å². The summed E-state index contributed by atoms with van der Waals surface area (Å²) >= 11 is 0. The second kappa shape index (κ2) is 8.79. The van der Waals surface area contributed by atoms with Crippen LogP contribution >= 0.6 is 0 Å². The average Bonchev–Trinajstić information content (AvgIpc) is 2.61. The molecule has 0 radical (unpaired) electrons. The number of carbonyl (C=O) groups is 1. The van der Waals surface area contributed by atoms with Gasteiger partial charge < -0.3 is 10.1 Å². The highest BCUT2D eigenvalue weighted by Gasteiger charge is 2.23. The molecule has 3 rings (SSSR count). The molecule has 1 aromatic rings. The molecule has 2 fully saturated rings. The monoisotopic (exact) mass is 345 g/mol. The molecule has 25 heavy (non-hydrogen) atoms. The lowest BCUT2D eigenvalue weighted by atomic mass is 10.1. The first kappa shape index (κ1) is 18.4. The minimum absolute atomic E-state index is 0.0847. The molecule has 1 amide bonds. The number of hydrogen-bond donors (Lipinski definition) is 1. The Hall–Kier alpha value is -1.43. The first-order valence-corrected chi connectivity index (χ1v) is 9.54. The highest BCUT2D eigenvalue weighted by molar-refractivity contribution is 5.93. The van der Waals surface area contributed by atoms with Gasteiger partial charge in [-0.25, -0.2) is 0 Å². The zero-order chi connectivity index (χ0) is 17.6. The molecule has 1 atom stereocenters. The van der Waals surface area contributed by atoms with Crippen molar-refractivity contribution in [3.63, 3.8) is 0 Å². The van der Waals surface area contributed by atoms with Crippen LogP contribution in [-0.2, 0) is 9.53 Å². The van der Waals surface area contributed by atoms with E-state index in [1.54, 1.807) is 0 Å². The van der Waals surface area contributed by atoms with E-state index in [4.69, 9.17) is 4.74 Å². The van der Waals surface area contributed by atoms with Gasteiger partial charge in [-0.2, -0.15) is 0 Å². The normalized spacial score (nSPS) is 22.7. The van der Waals surface area contributed by atoms with E-state index in [1.165, 1.54) is 19.3 Å². The second-order valence-electron chi connectivity index (χ2n) is 7.38. The van der Waals surface area contributed by atoms with Crippen LogP contribution in [0.2, 0.25) is 0 Å². The fourth-order valence-electron chi connectivity index (χ4n) is 3.76. The number of nitrogens with zero attached hydrogens (tertiary/aromatic N) is 2. The summed E-state index contributed by atoms with van der Waals surface area (Å²) in [6.45, 7) is 10.5. The zero-order valence-corrected chi connectivity index (χ0v) is 15.6. The Labute approximate surface area is 151 Å². The number of rotatable bonds is 5. The summed E-state index contributed by atoms with van der Waals surface area (Å²) < 4.78 is 5.84. The highest BCUT2D eigenvalue weighted by atomic mass is 16.5. The van der Waals surface area contributed by atoms with Gasteiger partial charge in [0.15, 0.2) is 0 Å². The standard InChI is InChI=1S/C20H31N3O2/c1-16-6-5-7-17(2)20(16)21-19(24)15-23-11-9-22(10-12-23)14-18-8-3-4-13-25-18/h5-7,18H,3-4,8-15H2,1-2H3,(H,21,24). The van der Waals surface area contributed by atoms with Crippen LogP contribution in [0.4, 0.5) is 5.69 Å². The molecule has 5 heteroatoms. The van der Waals surface area contributed by atoms with Crippen molar-refractivity contribution in [3.8, 4) is 0 Å². The number of aryl methyl sites for hydroxylation is 2. The van der Waals surface area contributed by atoms with Gasteiger partial charge in [0.1, 0.15) is 0 Å².